The van der Waals surface area contributed by atoms with Crippen LogP contribution in [0.15, 0.2) is 42.6 Å². The molecule has 2 aromatic rings. The molecule has 8 nitrogen and oxygen atoms in total. The van der Waals surface area contributed by atoms with Gasteiger partial charge in [0.15, 0.2) is 0 Å². The molecule has 2 N–H and O–H groups in total. The third kappa shape index (κ3) is 7.01. The Kier molecular flexibility index (Phi) is 7.80. The third-order valence-electron chi connectivity index (χ3n) is 4.28. The molecule has 0 saturated carbocycles. The molecule has 1 aliphatic heterocycles. The van der Waals surface area contributed by atoms with Gasteiger partial charge in [0, 0.05) is 30.7 Å². The lowest BCUT2D eigenvalue weighted by molar-refractivity contribution is -0.136. The summed E-state index contributed by atoms with van der Waals surface area (Å²) in [7, 11) is 0. The zero-order valence-corrected chi connectivity index (χ0v) is 16.7. The summed E-state index contributed by atoms with van der Waals surface area (Å²) >= 11 is 5.83. The van der Waals surface area contributed by atoms with Gasteiger partial charge in [-0.15, -0.1) is 0 Å². The van der Waals surface area contributed by atoms with Crippen LogP contribution < -0.4 is 15.4 Å². The summed E-state index contributed by atoms with van der Waals surface area (Å²) < 4.78 is 10.9. The second-order valence-corrected chi connectivity index (χ2v) is 6.90. The van der Waals surface area contributed by atoms with Crippen LogP contribution in [0.5, 0.6) is 11.6 Å². The van der Waals surface area contributed by atoms with Crippen LogP contribution in [0.4, 0.5) is 5.69 Å². The number of pyridine rings is 1. The molecule has 1 fully saturated rings. The zero-order valence-electron chi connectivity index (χ0n) is 15.9. The van der Waals surface area contributed by atoms with Gasteiger partial charge in [0.05, 0.1) is 25.1 Å². The molecule has 2 amide bonds. The lowest BCUT2D eigenvalue weighted by Gasteiger charge is -2.26. The first-order valence-corrected chi connectivity index (χ1v) is 9.77. The van der Waals surface area contributed by atoms with Crippen molar-refractivity contribution in [2.24, 2.45) is 0 Å². The highest BCUT2D eigenvalue weighted by atomic mass is 35.5. The maximum atomic E-state index is 12.0. The monoisotopic (exact) mass is 418 g/mol. The van der Waals surface area contributed by atoms with Crippen molar-refractivity contribution in [3.63, 3.8) is 0 Å². The van der Waals surface area contributed by atoms with Gasteiger partial charge < -0.3 is 20.1 Å². The minimum atomic E-state index is -0.732. The average Bonchev–Trinajstić information content (AvgIpc) is 2.75. The van der Waals surface area contributed by atoms with E-state index in [4.69, 9.17) is 21.1 Å². The van der Waals surface area contributed by atoms with E-state index in [2.05, 4.69) is 20.5 Å². The van der Waals surface area contributed by atoms with E-state index in [-0.39, 0.29) is 0 Å². The Morgan fingerprint density at radius 3 is 2.55 bits per heavy atom. The van der Waals surface area contributed by atoms with Crippen molar-refractivity contribution in [3.05, 3.63) is 47.6 Å². The number of benzene rings is 1. The second-order valence-electron chi connectivity index (χ2n) is 6.46. The third-order valence-corrected chi connectivity index (χ3v) is 4.53. The quantitative estimate of drug-likeness (QED) is 0.529. The van der Waals surface area contributed by atoms with Crippen molar-refractivity contribution < 1.29 is 19.1 Å². The van der Waals surface area contributed by atoms with E-state index in [1.54, 1.807) is 36.4 Å². The Morgan fingerprint density at radius 2 is 1.86 bits per heavy atom. The first-order valence-electron chi connectivity index (χ1n) is 9.39. The van der Waals surface area contributed by atoms with Crippen molar-refractivity contribution in [1.29, 1.82) is 0 Å². The van der Waals surface area contributed by atoms with Crippen LogP contribution in [0, 0.1) is 0 Å². The first-order chi connectivity index (χ1) is 14.1. The number of anilines is 1. The van der Waals surface area contributed by atoms with E-state index < -0.39 is 11.8 Å². The minimum Gasteiger partial charge on any atom is -0.439 e. The highest BCUT2D eigenvalue weighted by Crippen LogP contribution is 2.22. The number of rotatable bonds is 7. The maximum Gasteiger partial charge on any atom is 0.313 e. The van der Waals surface area contributed by atoms with Gasteiger partial charge in [-0.3, -0.25) is 14.5 Å². The molecule has 0 unspecified atom stereocenters. The zero-order chi connectivity index (χ0) is 20.5. The number of hydrogen-bond donors (Lipinski definition) is 2. The molecule has 9 heteroatoms. The lowest BCUT2D eigenvalue weighted by Crippen LogP contribution is -2.39. The number of amides is 2. The summed E-state index contributed by atoms with van der Waals surface area (Å²) in [6.07, 6.45) is 2.20. The van der Waals surface area contributed by atoms with Crippen molar-refractivity contribution in [3.8, 4) is 11.6 Å². The van der Waals surface area contributed by atoms with Crippen molar-refractivity contribution in [2.75, 3.05) is 44.7 Å². The van der Waals surface area contributed by atoms with E-state index in [1.807, 2.05) is 0 Å². The van der Waals surface area contributed by atoms with E-state index in [1.165, 1.54) is 6.20 Å². The Bertz CT molecular complexity index is 808. The molecule has 1 saturated heterocycles. The Balaban J connectivity index is 1.38. The fourth-order valence-corrected chi connectivity index (χ4v) is 2.86. The van der Waals surface area contributed by atoms with E-state index in [0.717, 1.165) is 39.3 Å². The first kappa shape index (κ1) is 21.0. The second kappa shape index (κ2) is 10.8. The van der Waals surface area contributed by atoms with Crippen LogP contribution in [0.3, 0.4) is 0 Å². The smallest absolute Gasteiger partial charge is 0.313 e. The predicted octanol–water partition coefficient (Wildman–Crippen LogP) is 2.30. The molecule has 0 spiro atoms. The number of nitrogens with one attached hydrogen (secondary N) is 2. The van der Waals surface area contributed by atoms with Crippen molar-refractivity contribution in [2.45, 2.75) is 6.42 Å². The van der Waals surface area contributed by atoms with Gasteiger partial charge in [-0.1, -0.05) is 11.6 Å². The lowest BCUT2D eigenvalue weighted by atomic mass is 10.3. The number of ether oxygens (including phenoxy) is 2. The summed E-state index contributed by atoms with van der Waals surface area (Å²) in [5.74, 6) is -0.453. The van der Waals surface area contributed by atoms with Crippen molar-refractivity contribution in [1.82, 2.24) is 15.2 Å². The van der Waals surface area contributed by atoms with Gasteiger partial charge in [0.2, 0.25) is 5.88 Å². The van der Waals surface area contributed by atoms with Crippen LogP contribution in [0.25, 0.3) is 0 Å². The van der Waals surface area contributed by atoms with E-state index >= 15 is 0 Å². The normalized spacial score (nSPS) is 14.2. The Morgan fingerprint density at radius 1 is 1.10 bits per heavy atom. The number of aromatic nitrogens is 1. The Hall–Kier alpha value is -2.68. The minimum absolute atomic E-state index is 0.359. The molecule has 0 radical (unpaired) electrons. The fraction of sp³-hybridized carbons (Fsp3) is 0.350. The fourth-order valence-electron chi connectivity index (χ4n) is 2.74. The molecule has 2 heterocycles. The van der Waals surface area contributed by atoms with Crippen LogP contribution in [-0.2, 0) is 14.3 Å². The number of morpholine rings is 1. The van der Waals surface area contributed by atoms with Crippen LogP contribution >= 0.6 is 11.6 Å². The van der Waals surface area contributed by atoms with Crippen LogP contribution in [0.2, 0.25) is 5.02 Å². The number of hydrogen-bond acceptors (Lipinski definition) is 6. The van der Waals surface area contributed by atoms with Crippen molar-refractivity contribution >= 4 is 29.1 Å². The predicted molar refractivity (Wildman–Crippen MR) is 109 cm³/mol. The molecular formula is C20H23ClN4O4. The largest absolute Gasteiger partial charge is 0.439 e. The SMILES string of the molecule is O=C(NCCCN1CCOCC1)C(=O)Nc1ccc(Oc2ccc(Cl)cc2)nc1. The molecule has 154 valence electrons. The molecule has 0 atom stereocenters. The summed E-state index contributed by atoms with van der Waals surface area (Å²) in [5, 5.41) is 5.76. The van der Waals surface area contributed by atoms with Gasteiger partial charge in [-0.05, 0) is 43.3 Å². The van der Waals surface area contributed by atoms with Crippen LogP contribution in [0.1, 0.15) is 6.42 Å². The molecule has 3 rings (SSSR count). The Labute approximate surface area is 174 Å². The molecule has 1 aromatic carbocycles. The van der Waals surface area contributed by atoms with Gasteiger partial charge in [-0.25, -0.2) is 4.98 Å². The molecule has 1 aromatic heterocycles. The topological polar surface area (TPSA) is 92.8 Å². The molecule has 0 aliphatic carbocycles. The molecule has 29 heavy (non-hydrogen) atoms. The highest BCUT2D eigenvalue weighted by molar-refractivity contribution is 6.39. The van der Waals surface area contributed by atoms with Gasteiger partial charge in [0.1, 0.15) is 5.75 Å². The molecular weight excluding hydrogens is 396 g/mol. The van der Waals surface area contributed by atoms with Gasteiger partial charge >= 0.3 is 11.8 Å². The molecule has 0 bridgehead atoms. The van der Waals surface area contributed by atoms with Gasteiger partial charge in [0.25, 0.3) is 0 Å². The van der Waals surface area contributed by atoms with Gasteiger partial charge in [-0.2, -0.15) is 0 Å². The number of carbonyl (C=O) groups is 2. The number of nitrogens with zero attached hydrogens (tertiary/aromatic N) is 2. The summed E-state index contributed by atoms with van der Waals surface area (Å²) in [6.45, 7) is 4.59. The van der Waals surface area contributed by atoms with E-state index in [9.17, 15) is 9.59 Å². The maximum absolute atomic E-state index is 12.0. The number of halogens is 1. The molecule has 1 aliphatic rings. The summed E-state index contributed by atoms with van der Waals surface area (Å²) in [4.78, 5) is 30.3. The highest BCUT2D eigenvalue weighted by Gasteiger charge is 2.14. The standard InChI is InChI=1S/C20H23ClN4O4/c21-15-2-5-17(6-3-15)29-18-7-4-16(14-23-18)24-20(27)19(26)22-8-1-9-25-10-12-28-13-11-25/h2-7,14H,1,8-13H2,(H,22,26)(H,24,27). The summed E-state index contributed by atoms with van der Waals surface area (Å²) in [6, 6.07) is 10.1. The van der Waals surface area contributed by atoms with Crippen LogP contribution in [-0.4, -0.2) is 61.1 Å². The number of carbonyl (C=O) groups excluding carboxylic acids is 2. The average molecular weight is 419 g/mol. The van der Waals surface area contributed by atoms with E-state index in [0.29, 0.717) is 28.9 Å². The summed E-state index contributed by atoms with van der Waals surface area (Å²) in [5.41, 5.74) is 0.405.